The van der Waals surface area contributed by atoms with Gasteiger partial charge in [0.25, 0.3) is 15.9 Å². The number of nitrogens with zero attached hydrogens (tertiary/aromatic N) is 1. The predicted octanol–water partition coefficient (Wildman–Crippen LogP) is 0.696. The molecule has 1 aliphatic heterocycles. The van der Waals surface area contributed by atoms with E-state index in [0.717, 1.165) is 12.8 Å². The van der Waals surface area contributed by atoms with Crippen LogP contribution in [0.4, 0.5) is 0 Å². The second-order valence-electron chi connectivity index (χ2n) is 5.76. The molecule has 0 radical (unpaired) electrons. The van der Waals surface area contributed by atoms with Crippen molar-refractivity contribution >= 4 is 15.9 Å². The number of nitrogens with two attached hydrogens (primary N) is 1. The Labute approximate surface area is 130 Å². The molecule has 0 saturated carbocycles. The molecule has 3 N–H and O–H groups in total. The minimum atomic E-state index is -3.70. The molecule has 0 bridgehead atoms. The molecule has 0 spiro atoms. The number of piperidine rings is 1. The van der Waals surface area contributed by atoms with E-state index in [9.17, 15) is 13.2 Å². The number of rotatable bonds is 4. The Morgan fingerprint density at radius 2 is 2.23 bits per heavy atom. The van der Waals surface area contributed by atoms with Crippen LogP contribution in [0.2, 0.25) is 0 Å². The summed E-state index contributed by atoms with van der Waals surface area (Å²) < 4.78 is 30.9. The molecular formula is C14H23N3O4S. The molecule has 0 aliphatic carbocycles. The van der Waals surface area contributed by atoms with Crippen molar-refractivity contribution in [2.45, 2.75) is 37.8 Å². The molecule has 1 amide bonds. The van der Waals surface area contributed by atoms with E-state index in [4.69, 9.17) is 10.2 Å². The normalized spacial score (nSPS) is 20.9. The van der Waals surface area contributed by atoms with Gasteiger partial charge in [0, 0.05) is 25.2 Å². The van der Waals surface area contributed by atoms with Gasteiger partial charge in [0.2, 0.25) is 5.09 Å². The smallest absolute Gasteiger partial charge is 0.273 e. The number of hydrogen-bond acceptors (Lipinski definition) is 5. The highest BCUT2D eigenvalue weighted by Crippen LogP contribution is 2.24. The number of furan rings is 1. The van der Waals surface area contributed by atoms with Gasteiger partial charge < -0.3 is 15.1 Å². The number of aryl methyl sites for hydroxylation is 1. The summed E-state index contributed by atoms with van der Waals surface area (Å²) in [5.74, 6) is 0.372. The molecule has 1 aromatic rings. The fourth-order valence-corrected chi connectivity index (χ4v) is 3.40. The van der Waals surface area contributed by atoms with Crippen LogP contribution in [0, 0.1) is 12.8 Å². The number of likely N-dealkylation sites (tertiary alicyclic amines) is 1. The SMILES string of the molecule is CNS(=O)(=O)c1cc(C(=O)N2CCCC(C(C)N)C2)c(C)o1. The first-order chi connectivity index (χ1) is 10.3. The number of amides is 1. The van der Waals surface area contributed by atoms with Gasteiger partial charge in [-0.1, -0.05) is 0 Å². The van der Waals surface area contributed by atoms with E-state index >= 15 is 0 Å². The first-order valence-corrected chi connectivity index (χ1v) is 8.83. The number of carbonyl (C=O) groups is 1. The molecule has 0 aromatic carbocycles. The van der Waals surface area contributed by atoms with Gasteiger partial charge in [0.05, 0.1) is 5.56 Å². The maximum atomic E-state index is 12.6. The van der Waals surface area contributed by atoms with Crippen LogP contribution in [0.25, 0.3) is 0 Å². The molecule has 2 heterocycles. The van der Waals surface area contributed by atoms with Crippen molar-refractivity contribution in [3.63, 3.8) is 0 Å². The molecule has 124 valence electrons. The van der Waals surface area contributed by atoms with Gasteiger partial charge in [-0.15, -0.1) is 0 Å². The van der Waals surface area contributed by atoms with Gasteiger partial charge in [-0.25, -0.2) is 13.1 Å². The lowest BCUT2D eigenvalue weighted by molar-refractivity contribution is 0.0659. The second-order valence-corrected chi connectivity index (χ2v) is 7.57. The number of hydrogen-bond donors (Lipinski definition) is 2. The Morgan fingerprint density at radius 1 is 1.55 bits per heavy atom. The van der Waals surface area contributed by atoms with E-state index in [1.54, 1.807) is 11.8 Å². The summed E-state index contributed by atoms with van der Waals surface area (Å²) in [6.45, 7) is 4.78. The van der Waals surface area contributed by atoms with Gasteiger partial charge in [-0.3, -0.25) is 4.79 Å². The van der Waals surface area contributed by atoms with Crippen LogP contribution in [0.15, 0.2) is 15.6 Å². The number of sulfonamides is 1. The minimum Gasteiger partial charge on any atom is -0.448 e. The van der Waals surface area contributed by atoms with E-state index in [1.165, 1.54) is 13.1 Å². The van der Waals surface area contributed by atoms with Crippen LogP contribution in [-0.4, -0.2) is 45.4 Å². The molecule has 2 atom stereocenters. The molecule has 1 aromatic heterocycles. The first kappa shape index (κ1) is 17.0. The maximum Gasteiger partial charge on any atom is 0.273 e. The van der Waals surface area contributed by atoms with E-state index in [-0.39, 0.29) is 23.0 Å². The van der Waals surface area contributed by atoms with Crippen molar-refractivity contribution in [3.05, 3.63) is 17.4 Å². The third-order valence-corrected chi connectivity index (χ3v) is 5.42. The van der Waals surface area contributed by atoms with Gasteiger partial charge in [-0.05, 0) is 39.7 Å². The van der Waals surface area contributed by atoms with E-state index < -0.39 is 10.0 Å². The highest BCUT2D eigenvalue weighted by atomic mass is 32.2. The Morgan fingerprint density at radius 3 is 2.82 bits per heavy atom. The molecule has 7 nitrogen and oxygen atoms in total. The van der Waals surface area contributed by atoms with Crippen molar-refractivity contribution in [1.82, 2.24) is 9.62 Å². The van der Waals surface area contributed by atoms with Gasteiger partial charge >= 0.3 is 0 Å². The summed E-state index contributed by atoms with van der Waals surface area (Å²) >= 11 is 0. The van der Waals surface area contributed by atoms with Crippen molar-refractivity contribution in [2.75, 3.05) is 20.1 Å². The third-order valence-electron chi connectivity index (χ3n) is 4.15. The van der Waals surface area contributed by atoms with Crippen molar-refractivity contribution < 1.29 is 17.6 Å². The first-order valence-electron chi connectivity index (χ1n) is 7.35. The summed E-state index contributed by atoms with van der Waals surface area (Å²) in [7, 11) is -2.40. The summed E-state index contributed by atoms with van der Waals surface area (Å²) in [6.07, 6.45) is 1.90. The molecule has 2 rings (SSSR count). The second kappa shape index (κ2) is 6.39. The molecule has 2 unspecified atom stereocenters. The summed E-state index contributed by atoms with van der Waals surface area (Å²) in [6, 6.07) is 1.32. The Kier molecular flexibility index (Phi) is 4.93. The van der Waals surface area contributed by atoms with E-state index in [2.05, 4.69) is 4.72 Å². The summed E-state index contributed by atoms with van der Waals surface area (Å²) in [4.78, 5) is 14.4. The Bertz CT molecular complexity index is 651. The Hall–Kier alpha value is -1.38. The lowest BCUT2D eigenvalue weighted by atomic mass is 9.92. The Balaban J connectivity index is 2.23. The predicted molar refractivity (Wildman–Crippen MR) is 82.0 cm³/mol. The quantitative estimate of drug-likeness (QED) is 0.845. The van der Waals surface area contributed by atoms with Crippen molar-refractivity contribution in [1.29, 1.82) is 0 Å². The molecular weight excluding hydrogens is 306 g/mol. The highest BCUT2D eigenvalue weighted by Gasteiger charge is 2.30. The van der Waals surface area contributed by atoms with E-state index in [1.807, 2.05) is 6.92 Å². The zero-order valence-corrected chi connectivity index (χ0v) is 13.9. The van der Waals surface area contributed by atoms with Crippen LogP contribution in [0.5, 0.6) is 0 Å². The molecule has 1 aliphatic rings. The molecule has 8 heteroatoms. The standard InChI is InChI=1S/C14H23N3O4S/c1-9(15)11-5-4-6-17(8-11)14(18)12-7-13(21-10(12)2)22(19,20)16-3/h7,9,11,16H,4-6,8,15H2,1-3H3. The highest BCUT2D eigenvalue weighted by molar-refractivity contribution is 7.89. The van der Waals surface area contributed by atoms with Crippen LogP contribution in [-0.2, 0) is 10.0 Å². The summed E-state index contributed by atoms with van der Waals surface area (Å²) in [5, 5.41) is -0.239. The van der Waals surface area contributed by atoms with Crippen LogP contribution < -0.4 is 10.5 Å². The third kappa shape index (κ3) is 3.34. The summed E-state index contributed by atoms with van der Waals surface area (Å²) in [5.41, 5.74) is 6.22. The zero-order valence-electron chi connectivity index (χ0n) is 13.1. The van der Waals surface area contributed by atoms with Crippen LogP contribution in [0.1, 0.15) is 35.9 Å². The molecule has 1 fully saturated rings. The molecule has 1 saturated heterocycles. The maximum absolute atomic E-state index is 12.6. The van der Waals surface area contributed by atoms with Gasteiger partial charge in [-0.2, -0.15) is 0 Å². The fraction of sp³-hybridized carbons (Fsp3) is 0.643. The monoisotopic (exact) mass is 329 g/mol. The van der Waals surface area contributed by atoms with Crippen molar-refractivity contribution in [2.24, 2.45) is 11.7 Å². The molecule has 22 heavy (non-hydrogen) atoms. The van der Waals surface area contributed by atoms with Crippen molar-refractivity contribution in [3.8, 4) is 0 Å². The van der Waals surface area contributed by atoms with Crippen LogP contribution in [0.3, 0.4) is 0 Å². The lowest BCUT2D eigenvalue weighted by Crippen LogP contribution is -2.45. The van der Waals surface area contributed by atoms with Gasteiger partial charge in [0.15, 0.2) is 0 Å². The largest absolute Gasteiger partial charge is 0.448 e. The average molecular weight is 329 g/mol. The number of carbonyl (C=O) groups excluding carboxylic acids is 1. The lowest BCUT2D eigenvalue weighted by Gasteiger charge is -2.34. The van der Waals surface area contributed by atoms with Gasteiger partial charge in [0.1, 0.15) is 5.76 Å². The average Bonchev–Trinajstić information content (AvgIpc) is 2.89. The topological polar surface area (TPSA) is 106 Å². The fourth-order valence-electron chi connectivity index (χ4n) is 2.69. The van der Waals surface area contributed by atoms with Crippen LogP contribution >= 0.6 is 0 Å². The van der Waals surface area contributed by atoms with E-state index in [0.29, 0.717) is 24.4 Å². The number of nitrogens with one attached hydrogen (secondary N) is 1. The zero-order chi connectivity index (χ0) is 16.5. The minimum absolute atomic E-state index is 0.0290.